The minimum atomic E-state index is 0.134. The van der Waals surface area contributed by atoms with Crippen LogP contribution >= 0.6 is 0 Å². The molecule has 4 nitrogen and oxygen atoms in total. The molecule has 2 fully saturated rings. The Bertz CT molecular complexity index is 313. The summed E-state index contributed by atoms with van der Waals surface area (Å²) in [6, 6.07) is 0.580. The normalized spacial score (nSPS) is 23.5. The third kappa shape index (κ3) is 3.17. The second-order valence-corrected chi connectivity index (χ2v) is 4.57. The maximum absolute atomic E-state index is 11.7. The highest BCUT2D eigenvalue weighted by Crippen LogP contribution is 2.15. The van der Waals surface area contributed by atoms with E-state index in [1.165, 1.54) is 0 Å². The van der Waals surface area contributed by atoms with E-state index < -0.39 is 0 Å². The van der Waals surface area contributed by atoms with Crippen molar-refractivity contribution in [3.63, 3.8) is 0 Å². The number of hydrogen-bond acceptors (Lipinski definition) is 3. The molecule has 0 aromatic heterocycles. The van der Waals surface area contributed by atoms with Gasteiger partial charge in [-0.2, -0.15) is 0 Å². The number of likely N-dealkylation sites (tertiary alicyclic amines) is 1. The highest BCUT2D eigenvalue weighted by molar-refractivity contribution is 5.88. The van der Waals surface area contributed by atoms with Gasteiger partial charge in [0.1, 0.15) is 0 Å². The van der Waals surface area contributed by atoms with Crippen LogP contribution in [0, 0.1) is 0 Å². The predicted molar refractivity (Wildman–Crippen MR) is 68.8 cm³/mol. The lowest BCUT2D eigenvalue weighted by Gasteiger charge is -2.46. The van der Waals surface area contributed by atoms with E-state index in [-0.39, 0.29) is 5.91 Å². The number of piperazine rings is 1. The minimum Gasteiger partial charge on any atom is -0.336 e. The van der Waals surface area contributed by atoms with Gasteiger partial charge >= 0.3 is 0 Å². The molecule has 2 rings (SSSR count). The Morgan fingerprint density at radius 3 is 2.59 bits per heavy atom. The van der Waals surface area contributed by atoms with Crippen molar-refractivity contribution in [3.8, 4) is 0 Å². The fraction of sp³-hybridized carbons (Fsp3) is 0.615. The topological polar surface area (TPSA) is 35.6 Å². The summed E-state index contributed by atoms with van der Waals surface area (Å²) >= 11 is 0. The average molecular weight is 235 g/mol. The number of carbonyl (C=O) groups excluding carboxylic acids is 1. The molecule has 0 aromatic rings. The van der Waals surface area contributed by atoms with Crippen molar-refractivity contribution in [2.75, 3.05) is 39.3 Å². The Hall–Kier alpha value is -1.13. The van der Waals surface area contributed by atoms with E-state index in [1.807, 2.05) is 24.0 Å². The number of carbonyl (C=O) groups is 1. The molecule has 0 bridgehead atoms. The first-order valence-electron chi connectivity index (χ1n) is 6.34. The molecule has 2 aliphatic rings. The van der Waals surface area contributed by atoms with E-state index in [0.717, 1.165) is 39.3 Å². The van der Waals surface area contributed by atoms with Gasteiger partial charge in [-0.25, -0.2) is 0 Å². The summed E-state index contributed by atoms with van der Waals surface area (Å²) in [5.41, 5.74) is 0. The highest BCUT2D eigenvalue weighted by atomic mass is 16.2. The summed E-state index contributed by atoms with van der Waals surface area (Å²) < 4.78 is 0. The van der Waals surface area contributed by atoms with Gasteiger partial charge in [-0.05, 0) is 6.92 Å². The summed E-state index contributed by atoms with van der Waals surface area (Å²) in [5.74, 6) is 0.134. The van der Waals surface area contributed by atoms with Crippen molar-refractivity contribution in [2.45, 2.75) is 13.0 Å². The number of nitrogens with zero attached hydrogens (tertiary/aromatic N) is 2. The molecule has 2 heterocycles. The molecular formula is C13H21N3O. The third-order valence-electron chi connectivity index (χ3n) is 3.38. The van der Waals surface area contributed by atoms with E-state index in [1.54, 1.807) is 12.2 Å². The maximum Gasteiger partial charge on any atom is 0.246 e. The summed E-state index contributed by atoms with van der Waals surface area (Å²) in [5, 5.41) is 3.35. The monoisotopic (exact) mass is 235 g/mol. The van der Waals surface area contributed by atoms with Gasteiger partial charge in [0.15, 0.2) is 0 Å². The Balaban J connectivity index is 1.72. The number of rotatable bonds is 3. The van der Waals surface area contributed by atoms with Gasteiger partial charge in [0.2, 0.25) is 5.91 Å². The van der Waals surface area contributed by atoms with Crippen LogP contribution in [0.15, 0.2) is 24.3 Å². The Morgan fingerprint density at radius 1 is 1.24 bits per heavy atom. The molecule has 0 unspecified atom stereocenters. The minimum absolute atomic E-state index is 0.134. The van der Waals surface area contributed by atoms with E-state index >= 15 is 0 Å². The smallest absolute Gasteiger partial charge is 0.246 e. The molecule has 2 aliphatic heterocycles. The summed E-state index contributed by atoms with van der Waals surface area (Å²) in [7, 11) is 0. The molecule has 4 heteroatoms. The molecular weight excluding hydrogens is 214 g/mol. The molecule has 2 saturated heterocycles. The van der Waals surface area contributed by atoms with E-state index in [4.69, 9.17) is 0 Å². The van der Waals surface area contributed by atoms with Crippen molar-refractivity contribution < 1.29 is 4.79 Å². The molecule has 1 amide bonds. The van der Waals surface area contributed by atoms with E-state index in [2.05, 4.69) is 10.2 Å². The lowest BCUT2D eigenvalue weighted by atomic mass is 10.1. The van der Waals surface area contributed by atoms with Crippen LogP contribution in [0.1, 0.15) is 6.92 Å². The first kappa shape index (κ1) is 12.3. The van der Waals surface area contributed by atoms with Gasteiger partial charge in [0.25, 0.3) is 0 Å². The third-order valence-corrected chi connectivity index (χ3v) is 3.38. The molecule has 94 valence electrons. The zero-order chi connectivity index (χ0) is 12.1. The van der Waals surface area contributed by atoms with Gasteiger partial charge in [0, 0.05) is 51.4 Å². The second kappa shape index (κ2) is 5.98. The molecule has 0 aliphatic carbocycles. The van der Waals surface area contributed by atoms with Gasteiger partial charge in [0.05, 0.1) is 0 Å². The van der Waals surface area contributed by atoms with E-state index in [0.29, 0.717) is 6.04 Å². The zero-order valence-corrected chi connectivity index (χ0v) is 10.4. The fourth-order valence-corrected chi connectivity index (χ4v) is 2.27. The van der Waals surface area contributed by atoms with E-state index in [9.17, 15) is 4.79 Å². The SMILES string of the molecule is CC=CC=CC(=O)N1CC(N2CCNCC2)C1. The van der Waals surface area contributed by atoms with Crippen LogP contribution in [0.3, 0.4) is 0 Å². The van der Waals surface area contributed by atoms with Gasteiger partial charge in [-0.15, -0.1) is 0 Å². The van der Waals surface area contributed by atoms with Gasteiger partial charge in [-0.1, -0.05) is 18.2 Å². The fourth-order valence-electron chi connectivity index (χ4n) is 2.27. The van der Waals surface area contributed by atoms with Crippen LogP contribution in [0.25, 0.3) is 0 Å². The van der Waals surface area contributed by atoms with Gasteiger partial charge in [-0.3, -0.25) is 9.69 Å². The Morgan fingerprint density at radius 2 is 1.94 bits per heavy atom. The summed E-state index contributed by atoms with van der Waals surface area (Å²) in [4.78, 5) is 16.1. The molecule has 0 spiro atoms. The zero-order valence-electron chi connectivity index (χ0n) is 10.4. The lowest BCUT2D eigenvalue weighted by molar-refractivity contribution is -0.133. The van der Waals surface area contributed by atoms with Crippen LogP contribution in [0.4, 0.5) is 0 Å². The van der Waals surface area contributed by atoms with Gasteiger partial charge < -0.3 is 10.2 Å². The number of amides is 1. The van der Waals surface area contributed by atoms with Crippen molar-refractivity contribution in [2.24, 2.45) is 0 Å². The maximum atomic E-state index is 11.7. The summed E-state index contributed by atoms with van der Waals surface area (Å²) in [6.07, 6.45) is 7.25. The average Bonchev–Trinajstić information content (AvgIpc) is 2.29. The first-order valence-corrected chi connectivity index (χ1v) is 6.34. The number of allylic oxidation sites excluding steroid dienone is 3. The molecule has 0 aromatic carbocycles. The van der Waals surface area contributed by atoms with Crippen molar-refractivity contribution >= 4 is 5.91 Å². The Labute approximate surface area is 103 Å². The number of hydrogen-bond donors (Lipinski definition) is 1. The molecule has 0 radical (unpaired) electrons. The second-order valence-electron chi connectivity index (χ2n) is 4.57. The molecule has 1 N–H and O–H groups in total. The van der Waals surface area contributed by atoms with Crippen LogP contribution < -0.4 is 5.32 Å². The van der Waals surface area contributed by atoms with Crippen molar-refractivity contribution in [3.05, 3.63) is 24.3 Å². The lowest BCUT2D eigenvalue weighted by Crippen LogP contribution is -2.63. The van der Waals surface area contributed by atoms with Crippen LogP contribution in [-0.4, -0.2) is 61.0 Å². The molecule has 0 atom stereocenters. The highest BCUT2D eigenvalue weighted by Gasteiger charge is 2.33. The first-order chi connectivity index (χ1) is 8.31. The molecule has 0 saturated carbocycles. The predicted octanol–water partition coefficient (Wildman–Crippen LogP) is 0.235. The van der Waals surface area contributed by atoms with Crippen molar-refractivity contribution in [1.82, 2.24) is 15.1 Å². The van der Waals surface area contributed by atoms with Crippen LogP contribution in [0.5, 0.6) is 0 Å². The molecule has 17 heavy (non-hydrogen) atoms. The van der Waals surface area contributed by atoms with Crippen LogP contribution in [-0.2, 0) is 4.79 Å². The standard InChI is InChI=1S/C13H21N3O/c1-2-3-4-5-13(17)16-10-12(11-16)15-8-6-14-7-9-15/h2-5,12,14H,6-11H2,1H3. The largest absolute Gasteiger partial charge is 0.336 e. The Kier molecular flexibility index (Phi) is 4.34. The van der Waals surface area contributed by atoms with Crippen molar-refractivity contribution in [1.29, 1.82) is 0 Å². The quantitative estimate of drug-likeness (QED) is 0.562. The summed E-state index contributed by atoms with van der Waals surface area (Å²) in [6.45, 7) is 8.09. The number of nitrogens with one attached hydrogen (secondary N) is 1. The van der Waals surface area contributed by atoms with Crippen LogP contribution in [0.2, 0.25) is 0 Å².